The number of hydrogen-bond acceptors (Lipinski definition) is 7. The molecule has 3 rings (SSSR count). The Morgan fingerprint density at radius 3 is 2.48 bits per heavy atom. The number of rotatable bonds is 9. The summed E-state index contributed by atoms with van der Waals surface area (Å²) >= 11 is 0. The zero-order valence-electron chi connectivity index (χ0n) is 17.2. The predicted octanol–water partition coefficient (Wildman–Crippen LogP) is 2.06. The summed E-state index contributed by atoms with van der Waals surface area (Å²) in [5.74, 6) is 0.370. The molecular formula is C20H30N6O2S. The molecule has 0 saturated carbocycles. The molecule has 1 saturated heterocycles. The van der Waals surface area contributed by atoms with Gasteiger partial charge in [-0.05, 0) is 35.9 Å². The van der Waals surface area contributed by atoms with E-state index in [1.165, 1.54) is 4.68 Å². The number of piperazine rings is 1. The van der Waals surface area contributed by atoms with Crippen LogP contribution in [-0.4, -0.2) is 71.1 Å². The van der Waals surface area contributed by atoms with Crippen molar-refractivity contribution in [2.45, 2.75) is 43.5 Å². The molecule has 0 spiro atoms. The SMILES string of the molecule is C=CCN1CCN(C(CCC)c2nnnn2CS(=O)(=O)c2ccc(C)cc2)CC1. The van der Waals surface area contributed by atoms with E-state index in [9.17, 15) is 8.42 Å². The quantitative estimate of drug-likeness (QED) is 0.576. The van der Waals surface area contributed by atoms with Gasteiger partial charge in [0.25, 0.3) is 0 Å². The van der Waals surface area contributed by atoms with Crippen molar-refractivity contribution in [2.75, 3.05) is 32.7 Å². The smallest absolute Gasteiger partial charge is 0.198 e. The Morgan fingerprint density at radius 1 is 1.17 bits per heavy atom. The van der Waals surface area contributed by atoms with Gasteiger partial charge in [0.05, 0.1) is 10.9 Å². The molecule has 0 aliphatic carbocycles. The topological polar surface area (TPSA) is 84.2 Å². The third-order valence-electron chi connectivity index (χ3n) is 5.33. The summed E-state index contributed by atoms with van der Waals surface area (Å²) in [6.45, 7) is 12.5. The fraction of sp³-hybridized carbons (Fsp3) is 0.550. The van der Waals surface area contributed by atoms with Crippen LogP contribution in [0.5, 0.6) is 0 Å². The van der Waals surface area contributed by atoms with E-state index in [2.05, 4.69) is 38.8 Å². The van der Waals surface area contributed by atoms with Crippen molar-refractivity contribution >= 4 is 9.84 Å². The average molecular weight is 419 g/mol. The van der Waals surface area contributed by atoms with Crippen molar-refractivity contribution in [2.24, 2.45) is 0 Å². The molecule has 1 fully saturated rings. The van der Waals surface area contributed by atoms with Gasteiger partial charge in [0.1, 0.15) is 0 Å². The van der Waals surface area contributed by atoms with Gasteiger partial charge in [-0.3, -0.25) is 9.80 Å². The first-order chi connectivity index (χ1) is 13.9. The molecule has 1 unspecified atom stereocenters. The summed E-state index contributed by atoms with van der Waals surface area (Å²) in [6, 6.07) is 6.88. The second kappa shape index (κ2) is 9.60. The van der Waals surface area contributed by atoms with Gasteiger partial charge in [-0.25, -0.2) is 13.1 Å². The van der Waals surface area contributed by atoms with E-state index in [1.54, 1.807) is 24.3 Å². The Labute approximate surface area is 173 Å². The van der Waals surface area contributed by atoms with E-state index in [-0.39, 0.29) is 16.8 Å². The molecule has 29 heavy (non-hydrogen) atoms. The minimum absolute atomic E-state index is 0.00842. The Morgan fingerprint density at radius 2 is 1.86 bits per heavy atom. The summed E-state index contributed by atoms with van der Waals surface area (Å²) in [5.41, 5.74) is 1.02. The van der Waals surface area contributed by atoms with Gasteiger partial charge in [-0.15, -0.1) is 11.7 Å². The van der Waals surface area contributed by atoms with E-state index in [1.807, 2.05) is 13.0 Å². The zero-order valence-corrected chi connectivity index (χ0v) is 18.1. The molecule has 9 heteroatoms. The highest BCUT2D eigenvalue weighted by atomic mass is 32.2. The van der Waals surface area contributed by atoms with Crippen LogP contribution in [0.25, 0.3) is 0 Å². The first kappa shape index (κ1) is 21.6. The molecule has 0 radical (unpaired) electrons. The predicted molar refractivity (Wildman–Crippen MR) is 112 cm³/mol. The maximum atomic E-state index is 12.9. The average Bonchev–Trinajstić information content (AvgIpc) is 3.14. The number of aryl methyl sites for hydroxylation is 1. The molecule has 2 aromatic rings. The lowest BCUT2D eigenvalue weighted by Crippen LogP contribution is -2.48. The number of hydrogen-bond donors (Lipinski definition) is 0. The Bertz CT molecular complexity index is 901. The van der Waals surface area contributed by atoms with Gasteiger partial charge in [0.2, 0.25) is 0 Å². The lowest BCUT2D eigenvalue weighted by atomic mass is 10.1. The Hall–Kier alpha value is -2.10. The maximum absolute atomic E-state index is 12.9. The normalized spacial score (nSPS) is 17.3. The highest BCUT2D eigenvalue weighted by Crippen LogP contribution is 2.26. The first-order valence-electron chi connectivity index (χ1n) is 10.1. The van der Waals surface area contributed by atoms with Crippen LogP contribution in [-0.2, 0) is 15.7 Å². The molecule has 0 N–H and O–H groups in total. The fourth-order valence-electron chi connectivity index (χ4n) is 3.71. The minimum Gasteiger partial charge on any atom is -0.297 e. The molecule has 1 aromatic carbocycles. The number of aromatic nitrogens is 4. The molecule has 1 aromatic heterocycles. The number of benzene rings is 1. The first-order valence-corrected chi connectivity index (χ1v) is 11.7. The van der Waals surface area contributed by atoms with Crippen LogP contribution in [0.1, 0.15) is 37.2 Å². The van der Waals surface area contributed by atoms with Crippen LogP contribution in [0.3, 0.4) is 0 Å². The van der Waals surface area contributed by atoms with E-state index in [0.29, 0.717) is 5.82 Å². The number of tetrazole rings is 1. The second-order valence-electron chi connectivity index (χ2n) is 7.52. The molecule has 2 heterocycles. The lowest BCUT2D eigenvalue weighted by molar-refractivity contribution is 0.0925. The van der Waals surface area contributed by atoms with Crippen molar-refractivity contribution in [1.82, 2.24) is 30.0 Å². The highest BCUT2D eigenvalue weighted by molar-refractivity contribution is 7.90. The molecule has 8 nitrogen and oxygen atoms in total. The van der Waals surface area contributed by atoms with Crippen molar-refractivity contribution in [1.29, 1.82) is 0 Å². The number of sulfone groups is 1. The van der Waals surface area contributed by atoms with Crippen molar-refractivity contribution in [3.8, 4) is 0 Å². The summed E-state index contributed by atoms with van der Waals surface area (Å²) in [4.78, 5) is 5.01. The molecular weight excluding hydrogens is 388 g/mol. The van der Waals surface area contributed by atoms with Crippen LogP contribution in [0.15, 0.2) is 41.8 Å². The molecule has 158 valence electrons. The van der Waals surface area contributed by atoms with E-state index in [4.69, 9.17) is 0 Å². The monoisotopic (exact) mass is 418 g/mol. The van der Waals surface area contributed by atoms with Crippen LogP contribution >= 0.6 is 0 Å². The molecule has 0 amide bonds. The standard InChI is InChI=1S/C20H30N6O2S/c1-4-6-19(25-14-12-24(11-5-2)13-15-25)20-21-22-23-26(20)16-29(27,28)18-9-7-17(3)8-10-18/h5,7-10,19H,2,4,6,11-16H2,1,3H3. The van der Waals surface area contributed by atoms with Gasteiger partial charge in [-0.2, -0.15) is 0 Å². The summed E-state index contributed by atoms with van der Waals surface area (Å²) in [6.07, 6.45) is 3.77. The van der Waals surface area contributed by atoms with Crippen molar-refractivity contribution < 1.29 is 8.42 Å². The van der Waals surface area contributed by atoms with Crippen LogP contribution < -0.4 is 0 Å². The summed E-state index contributed by atoms with van der Waals surface area (Å²) in [7, 11) is -3.54. The highest BCUT2D eigenvalue weighted by Gasteiger charge is 2.29. The Kier molecular flexibility index (Phi) is 7.15. The van der Waals surface area contributed by atoms with E-state index >= 15 is 0 Å². The molecule has 1 aliphatic heterocycles. The third-order valence-corrected chi connectivity index (χ3v) is 6.90. The fourth-order valence-corrected chi connectivity index (χ4v) is 4.92. The van der Waals surface area contributed by atoms with Gasteiger partial charge in [0, 0.05) is 32.7 Å². The molecule has 1 atom stereocenters. The van der Waals surface area contributed by atoms with Gasteiger partial charge in [0.15, 0.2) is 21.5 Å². The van der Waals surface area contributed by atoms with E-state index in [0.717, 1.165) is 51.1 Å². The van der Waals surface area contributed by atoms with Crippen LogP contribution in [0.4, 0.5) is 0 Å². The van der Waals surface area contributed by atoms with Gasteiger partial charge in [-0.1, -0.05) is 37.1 Å². The Balaban J connectivity index is 1.79. The summed E-state index contributed by atoms with van der Waals surface area (Å²) in [5, 5.41) is 12.0. The largest absolute Gasteiger partial charge is 0.297 e. The van der Waals surface area contributed by atoms with E-state index < -0.39 is 9.84 Å². The minimum atomic E-state index is -3.54. The van der Waals surface area contributed by atoms with Crippen molar-refractivity contribution in [3.05, 3.63) is 48.3 Å². The van der Waals surface area contributed by atoms with Gasteiger partial charge >= 0.3 is 0 Å². The molecule has 0 bridgehead atoms. The number of nitrogens with zero attached hydrogens (tertiary/aromatic N) is 6. The van der Waals surface area contributed by atoms with Crippen molar-refractivity contribution in [3.63, 3.8) is 0 Å². The third kappa shape index (κ3) is 5.29. The second-order valence-corrected chi connectivity index (χ2v) is 9.48. The maximum Gasteiger partial charge on any atom is 0.198 e. The molecule has 1 aliphatic rings. The lowest BCUT2D eigenvalue weighted by Gasteiger charge is -2.38. The van der Waals surface area contributed by atoms with Crippen LogP contribution in [0.2, 0.25) is 0 Å². The van der Waals surface area contributed by atoms with Crippen LogP contribution in [0, 0.1) is 6.92 Å². The van der Waals surface area contributed by atoms with Gasteiger partial charge < -0.3 is 0 Å². The summed E-state index contributed by atoms with van der Waals surface area (Å²) < 4.78 is 27.2. The zero-order chi connectivity index (χ0) is 20.9.